The largest absolute Gasteiger partial charge is 0.351 e. The van der Waals surface area contributed by atoms with Gasteiger partial charge >= 0.3 is 0 Å². The van der Waals surface area contributed by atoms with Crippen molar-refractivity contribution in [1.29, 1.82) is 0 Å². The van der Waals surface area contributed by atoms with Gasteiger partial charge in [-0.25, -0.2) is 0 Å². The lowest BCUT2D eigenvalue weighted by molar-refractivity contribution is 0.0945. The summed E-state index contributed by atoms with van der Waals surface area (Å²) in [6, 6.07) is 13.9. The van der Waals surface area contributed by atoms with Gasteiger partial charge in [-0.2, -0.15) is 0 Å². The quantitative estimate of drug-likeness (QED) is 0.859. The van der Waals surface area contributed by atoms with Crippen LogP contribution in [-0.2, 0) is 6.54 Å². The summed E-state index contributed by atoms with van der Waals surface area (Å²) in [7, 11) is 0. The summed E-state index contributed by atoms with van der Waals surface area (Å²) in [5.74, 6) is -0.00205. The zero-order chi connectivity index (χ0) is 12.8. The second-order valence-corrected chi connectivity index (χ2v) is 4.26. The van der Waals surface area contributed by atoms with E-state index in [1.54, 1.807) is 0 Å². The Balaban J connectivity index is 2.10. The summed E-state index contributed by atoms with van der Waals surface area (Å²) in [6.45, 7) is 3.49. The second-order valence-electron chi connectivity index (χ2n) is 4.26. The molecule has 3 heteroatoms. The predicted octanol–water partition coefficient (Wildman–Crippen LogP) is 2.68. The van der Waals surface area contributed by atoms with Crippen LogP contribution in [-0.4, -0.2) is 17.0 Å². The zero-order valence-corrected chi connectivity index (χ0v) is 10.6. The minimum Gasteiger partial charge on any atom is -0.351 e. The maximum Gasteiger partial charge on any atom is 0.267 e. The Bertz CT molecular complexity index is 502. The standard InChI is InChI=1S/C15H18N2O/c1-2-10-16-15(18)14-9-6-11-17(14)12-13-7-4-3-5-8-13/h3-9,11H,2,10,12H2,1H3,(H,16,18). The fraction of sp³-hybridized carbons (Fsp3) is 0.267. The molecule has 0 radical (unpaired) electrons. The van der Waals surface area contributed by atoms with Crippen LogP contribution in [0.5, 0.6) is 0 Å². The molecule has 0 aliphatic rings. The molecule has 1 aromatic carbocycles. The average Bonchev–Trinajstić information content (AvgIpc) is 2.85. The molecule has 0 fully saturated rings. The van der Waals surface area contributed by atoms with Crippen LogP contribution in [0.4, 0.5) is 0 Å². The van der Waals surface area contributed by atoms with Crippen molar-refractivity contribution >= 4 is 5.91 Å². The van der Waals surface area contributed by atoms with E-state index in [0.29, 0.717) is 5.69 Å². The van der Waals surface area contributed by atoms with Gasteiger partial charge in [0.15, 0.2) is 0 Å². The molecular weight excluding hydrogens is 224 g/mol. The predicted molar refractivity (Wildman–Crippen MR) is 72.6 cm³/mol. The van der Waals surface area contributed by atoms with Gasteiger partial charge in [0, 0.05) is 19.3 Å². The summed E-state index contributed by atoms with van der Waals surface area (Å²) in [5, 5.41) is 2.90. The number of nitrogens with one attached hydrogen (secondary N) is 1. The first kappa shape index (κ1) is 12.4. The lowest BCUT2D eigenvalue weighted by Crippen LogP contribution is -2.26. The molecule has 2 rings (SSSR count). The van der Waals surface area contributed by atoms with E-state index in [-0.39, 0.29) is 5.91 Å². The third-order valence-electron chi connectivity index (χ3n) is 2.79. The van der Waals surface area contributed by atoms with E-state index in [1.807, 2.05) is 48.0 Å². The number of hydrogen-bond donors (Lipinski definition) is 1. The molecule has 0 aliphatic carbocycles. The molecular formula is C15H18N2O. The first-order valence-electron chi connectivity index (χ1n) is 6.28. The SMILES string of the molecule is CCCNC(=O)c1cccn1Cc1ccccc1. The van der Waals surface area contributed by atoms with E-state index >= 15 is 0 Å². The number of amides is 1. The molecule has 0 saturated carbocycles. The van der Waals surface area contributed by atoms with Crippen molar-refractivity contribution in [3.8, 4) is 0 Å². The van der Waals surface area contributed by atoms with Crippen molar-refractivity contribution in [2.24, 2.45) is 0 Å². The highest BCUT2D eigenvalue weighted by atomic mass is 16.1. The summed E-state index contributed by atoms with van der Waals surface area (Å²) in [5.41, 5.74) is 1.91. The topological polar surface area (TPSA) is 34.0 Å². The fourth-order valence-corrected chi connectivity index (χ4v) is 1.87. The van der Waals surface area contributed by atoms with E-state index in [2.05, 4.69) is 17.4 Å². The highest BCUT2D eigenvalue weighted by Gasteiger charge is 2.09. The Kier molecular flexibility index (Phi) is 4.18. The highest BCUT2D eigenvalue weighted by molar-refractivity contribution is 5.92. The van der Waals surface area contributed by atoms with E-state index in [1.165, 1.54) is 5.56 Å². The van der Waals surface area contributed by atoms with Crippen LogP contribution in [0.25, 0.3) is 0 Å². The van der Waals surface area contributed by atoms with Crippen LogP contribution in [0.15, 0.2) is 48.7 Å². The van der Waals surface area contributed by atoms with Crippen molar-refractivity contribution in [1.82, 2.24) is 9.88 Å². The maximum atomic E-state index is 11.9. The summed E-state index contributed by atoms with van der Waals surface area (Å²) in [6.07, 6.45) is 2.89. The van der Waals surface area contributed by atoms with E-state index in [4.69, 9.17) is 0 Å². The van der Waals surface area contributed by atoms with Gasteiger partial charge in [0.1, 0.15) is 5.69 Å². The molecule has 0 bridgehead atoms. The molecule has 0 atom stereocenters. The van der Waals surface area contributed by atoms with Gasteiger partial charge in [-0.15, -0.1) is 0 Å². The first-order valence-corrected chi connectivity index (χ1v) is 6.28. The fourth-order valence-electron chi connectivity index (χ4n) is 1.87. The third-order valence-corrected chi connectivity index (χ3v) is 2.79. The number of carbonyl (C=O) groups is 1. The number of aromatic nitrogens is 1. The molecule has 2 aromatic rings. The summed E-state index contributed by atoms with van der Waals surface area (Å²) >= 11 is 0. The van der Waals surface area contributed by atoms with Gasteiger partial charge in [0.05, 0.1) is 0 Å². The molecule has 0 unspecified atom stereocenters. The number of benzene rings is 1. The van der Waals surface area contributed by atoms with E-state index in [9.17, 15) is 4.79 Å². The van der Waals surface area contributed by atoms with Gasteiger partial charge in [-0.1, -0.05) is 37.3 Å². The Labute approximate surface area is 107 Å². The van der Waals surface area contributed by atoms with Crippen molar-refractivity contribution in [2.45, 2.75) is 19.9 Å². The van der Waals surface area contributed by atoms with Crippen molar-refractivity contribution in [2.75, 3.05) is 6.54 Å². The summed E-state index contributed by atoms with van der Waals surface area (Å²) < 4.78 is 1.97. The van der Waals surface area contributed by atoms with Gasteiger partial charge in [-0.05, 0) is 24.1 Å². The Morgan fingerprint density at radius 1 is 1.17 bits per heavy atom. The molecule has 3 nitrogen and oxygen atoms in total. The molecule has 0 aliphatic heterocycles. The lowest BCUT2D eigenvalue weighted by atomic mass is 10.2. The van der Waals surface area contributed by atoms with Crippen molar-refractivity contribution < 1.29 is 4.79 Å². The highest BCUT2D eigenvalue weighted by Crippen LogP contribution is 2.07. The maximum absolute atomic E-state index is 11.9. The monoisotopic (exact) mass is 242 g/mol. The Morgan fingerprint density at radius 3 is 2.67 bits per heavy atom. The van der Waals surface area contributed by atoms with Crippen LogP contribution >= 0.6 is 0 Å². The third kappa shape index (κ3) is 3.00. The number of nitrogens with zero attached hydrogens (tertiary/aromatic N) is 1. The van der Waals surface area contributed by atoms with Gasteiger partial charge in [-0.3, -0.25) is 4.79 Å². The van der Waals surface area contributed by atoms with Gasteiger partial charge in [0.25, 0.3) is 5.91 Å². The Hall–Kier alpha value is -2.03. The molecule has 94 valence electrons. The number of carbonyl (C=O) groups excluding carboxylic acids is 1. The van der Waals surface area contributed by atoms with E-state index in [0.717, 1.165) is 19.5 Å². The van der Waals surface area contributed by atoms with E-state index < -0.39 is 0 Å². The lowest BCUT2D eigenvalue weighted by Gasteiger charge is -2.09. The summed E-state index contributed by atoms with van der Waals surface area (Å²) in [4.78, 5) is 11.9. The Morgan fingerprint density at radius 2 is 1.94 bits per heavy atom. The normalized spacial score (nSPS) is 10.3. The number of hydrogen-bond acceptors (Lipinski definition) is 1. The van der Waals surface area contributed by atoms with Crippen molar-refractivity contribution in [3.63, 3.8) is 0 Å². The molecule has 1 heterocycles. The minimum absolute atomic E-state index is 0.00205. The average molecular weight is 242 g/mol. The van der Waals surface area contributed by atoms with Gasteiger partial charge < -0.3 is 9.88 Å². The molecule has 0 spiro atoms. The second kappa shape index (κ2) is 6.05. The zero-order valence-electron chi connectivity index (χ0n) is 10.6. The van der Waals surface area contributed by atoms with Crippen LogP contribution < -0.4 is 5.32 Å². The molecule has 0 saturated heterocycles. The molecule has 1 aromatic heterocycles. The first-order chi connectivity index (χ1) is 8.81. The van der Waals surface area contributed by atoms with Crippen LogP contribution in [0.1, 0.15) is 29.4 Å². The van der Waals surface area contributed by atoms with Crippen LogP contribution in [0.3, 0.4) is 0 Å². The molecule has 1 amide bonds. The number of rotatable bonds is 5. The minimum atomic E-state index is -0.00205. The van der Waals surface area contributed by atoms with Crippen LogP contribution in [0.2, 0.25) is 0 Å². The van der Waals surface area contributed by atoms with Crippen LogP contribution in [0, 0.1) is 0 Å². The molecule has 1 N–H and O–H groups in total. The van der Waals surface area contributed by atoms with Gasteiger partial charge in [0.2, 0.25) is 0 Å². The smallest absolute Gasteiger partial charge is 0.267 e. The molecule has 18 heavy (non-hydrogen) atoms. The van der Waals surface area contributed by atoms with Crippen molar-refractivity contribution in [3.05, 3.63) is 59.9 Å².